The third-order valence-electron chi connectivity index (χ3n) is 2.46. The summed E-state index contributed by atoms with van der Waals surface area (Å²) in [4.78, 5) is 0. The van der Waals surface area contributed by atoms with Gasteiger partial charge in [0, 0.05) is 18.6 Å². The van der Waals surface area contributed by atoms with Crippen LogP contribution in [0.4, 0.5) is 0 Å². The number of ether oxygens (including phenoxy) is 1. The van der Waals surface area contributed by atoms with Crippen LogP contribution >= 0.6 is 19.2 Å². The highest BCUT2D eigenvalue weighted by atomic mass is 35.5. The van der Waals surface area contributed by atoms with Crippen LogP contribution in [0.2, 0.25) is 5.02 Å². The third-order valence-corrected chi connectivity index (χ3v) is 4.42. The van der Waals surface area contributed by atoms with Crippen LogP contribution in [0.25, 0.3) is 0 Å². The summed E-state index contributed by atoms with van der Waals surface area (Å²) in [6.07, 6.45) is 0.390. The average Bonchev–Trinajstić information content (AvgIpc) is 2.29. The fourth-order valence-electron chi connectivity index (χ4n) is 1.74. The monoisotopic (exact) mass is 276 g/mol. The second-order valence-corrected chi connectivity index (χ2v) is 6.19. The van der Waals surface area contributed by atoms with E-state index in [2.05, 4.69) is 0 Å². The zero-order chi connectivity index (χ0) is 12.3. The van der Waals surface area contributed by atoms with Gasteiger partial charge in [-0.25, -0.2) is 0 Å². The molecular formula is C11H14ClO4P. The van der Waals surface area contributed by atoms with E-state index in [1.54, 1.807) is 6.07 Å². The zero-order valence-electron chi connectivity index (χ0n) is 9.47. The Hall–Kier alpha value is -0.380. The molecular weight excluding hydrogens is 263 g/mol. The molecule has 1 aliphatic heterocycles. The maximum atomic E-state index is 12.1. The van der Waals surface area contributed by atoms with Crippen LogP contribution in [0.1, 0.15) is 18.1 Å². The van der Waals surface area contributed by atoms with Crippen molar-refractivity contribution < 1.29 is 18.3 Å². The molecule has 0 N–H and O–H groups in total. The quantitative estimate of drug-likeness (QED) is 0.791. The van der Waals surface area contributed by atoms with Crippen molar-refractivity contribution in [2.45, 2.75) is 12.5 Å². The van der Waals surface area contributed by atoms with Crippen molar-refractivity contribution >= 4 is 19.2 Å². The van der Waals surface area contributed by atoms with Crippen LogP contribution in [0.5, 0.6) is 0 Å². The Labute approximate surface area is 105 Å². The van der Waals surface area contributed by atoms with Crippen LogP contribution in [0.15, 0.2) is 24.3 Å². The Morgan fingerprint density at radius 1 is 1.59 bits per heavy atom. The van der Waals surface area contributed by atoms with Gasteiger partial charge in [0.25, 0.3) is 0 Å². The van der Waals surface area contributed by atoms with Gasteiger partial charge < -0.3 is 9.26 Å². The Morgan fingerprint density at radius 2 is 2.41 bits per heavy atom. The Balaban J connectivity index is 2.15. The van der Waals surface area contributed by atoms with Gasteiger partial charge in [0.2, 0.25) is 0 Å². The normalized spacial score (nSPS) is 29.2. The lowest BCUT2D eigenvalue weighted by molar-refractivity contribution is 0.0651. The molecule has 0 saturated carbocycles. The lowest BCUT2D eigenvalue weighted by Gasteiger charge is -2.29. The molecule has 1 saturated heterocycles. The second kappa shape index (κ2) is 5.51. The molecule has 0 amide bonds. The highest BCUT2D eigenvalue weighted by Crippen LogP contribution is 2.55. The molecule has 0 spiro atoms. The molecule has 6 heteroatoms. The molecule has 2 unspecified atom stereocenters. The SMILES string of the molecule is COCP1(=O)OCCC(c2cccc(Cl)c2)O1. The summed E-state index contributed by atoms with van der Waals surface area (Å²) in [5.41, 5.74) is 0.914. The molecule has 0 radical (unpaired) electrons. The van der Waals surface area contributed by atoms with Gasteiger partial charge in [0.05, 0.1) is 12.7 Å². The molecule has 4 nitrogen and oxygen atoms in total. The highest BCUT2D eigenvalue weighted by molar-refractivity contribution is 7.53. The molecule has 1 fully saturated rings. The molecule has 1 aromatic carbocycles. The van der Waals surface area contributed by atoms with Crippen molar-refractivity contribution in [2.24, 2.45) is 0 Å². The molecule has 0 aromatic heterocycles. The minimum absolute atomic E-state index is 0.0237. The van der Waals surface area contributed by atoms with Gasteiger partial charge in [0.15, 0.2) is 0 Å². The molecule has 0 bridgehead atoms. The van der Waals surface area contributed by atoms with E-state index in [1.807, 2.05) is 18.2 Å². The summed E-state index contributed by atoms with van der Waals surface area (Å²) in [7, 11) is -1.65. The number of hydrogen-bond acceptors (Lipinski definition) is 4. The molecule has 2 atom stereocenters. The van der Waals surface area contributed by atoms with Gasteiger partial charge in [-0.2, -0.15) is 0 Å². The topological polar surface area (TPSA) is 44.8 Å². The van der Waals surface area contributed by atoms with E-state index in [-0.39, 0.29) is 12.5 Å². The lowest BCUT2D eigenvalue weighted by Crippen LogP contribution is -2.16. The van der Waals surface area contributed by atoms with Crippen molar-refractivity contribution in [2.75, 3.05) is 20.1 Å². The molecule has 17 heavy (non-hydrogen) atoms. The van der Waals surface area contributed by atoms with Crippen LogP contribution in [0, 0.1) is 0 Å². The third kappa shape index (κ3) is 3.30. The zero-order valence-corrected chi connectivity index (χ0v) is 11.1. The Morgan fingerprint density at radius 3 is 3.12 bits per heavy atom. The van der Waals surface area contributed by atoms with Gasteiger partial charge in [0.1, 0.15) is 6.35 Å². The lowest BCUT2D eigenvalue weighted by atomic mass is 10.1. The van der Waals surface area contributed by atoms with Gasteiger partial charge in [-0.15, -0.1) is 0 Å². The number of methoxy groups -OCH3 is 1. The van der Waals surface area contributed by atoms with Crippen LogP contribution in [-0.2, 0) is 18.3 Å². The largest absolute Gasteiger partial charge is 0.372 e. The van der Waals surface area contributed by atoms with E-state index in [9.17, 15) is 4.57 Å². The van der Waals surface area contributed by atoms with E-state index < -0.39 is 7.60 Å². The molecule has 1 aliphatic rings. The fraction of sp³-hybridized carbons (Fsp3) is 0.455. The Bertz CT molecular complexity index is 431. The molecule has 1 aromatic rings. The number of hydrogen-bond donors (Lipinski definition) is 0. The summed E-state index contributed by atoms with van der Waals surface area (Å²) in [6, 6.07) is 7.35. The van der Waals surface area contributed by atoms with Gasteiger partial charge in [-0.05, 0) is 17.7 Å². The fourth-order valence-corrected chi connectivity index (χ4v) is 3.45. The van der Waals surface area contributed by atoms with E-state index >= 15 is 0 Å². The molecule has 0 aliphatic carbocycles. The highest BCUT2D eigenvalue weighted by Gasteiger charge is 2.34. The van der Waals surface area contributed by atoms with Crippen molar-refractivity contribution in [3.05, 3.63) is 34.9 Å². The number of rotatable bonds is 3. The first-order valence-electron chi connectivity index (χ1n) is 5.29. The number of benzene rings is 1. The minimum atomic E-state index is -3.12. The summed E-state index contributed by atoms with van der Waals surface area (Å²) in [6.45, 7) is 0.401. The van der Waals surface area contributed by atoms with E-state index in [4.69, 9.17) is 25.4 Å². The predicted octanol–water partition coefficient (Wildman–Crippen LogP) is 3.62. The Kier molecular flexibility index (Phi) is 4.23. The maximum Gasteiger partial charge on any atom is 0.356 e. The first-order valence-corrected chi connectivity index (χ1v) is 7.40. The van der Waals surface area contributed by atoms with Crippen molar-refractivity contribution in [1.29, 1.82) is 0 Å². The van der Waals surface area contributed by atoms with Crippen LogP contribution in [0.3, 0.4) is 0 Å². The summed E-state index contributed by atoms with van der Waals surface area (Å²) < 4.78 is 27.6. The van der Waals surface area contributed by atoms with E-state index in [0.717, 1.165) is 5.56 Å². The molecule has 1 heterocycles. The van der Waals surface area contributed by atoms with Crippen LogP contribution in [-0.4, -0.2) is 20.1 Å². The maximum absolute atomic E-state index is 12.1. The summed E-state index contributed by atoms with van der Waals surface area (Å²) in [5.74, 6) is 0. The minimum Gasteiger partial charge on any atom is -0.372 e. The second-order valence-electron chi connectivity index (χ2n) is 3.80. The first kappa shape index (κ1) is 13.1. The van der Waals surface area contributed by atoms with Crippen molar-refractivity contribution in [3.63, 3.8) is 0 Å². The van der Waals surface area contributed by atoms with Crippen molar-refractivity contribution in [1.82, 2.24) is 0 Å². The first-order chi connectivity index (χ1) is 8.13. The van der Waals surface area contributed by atoms with Gasteiger partial charge >= 0.3 is 7.60 Å². The molecule has 2 rings (SSSR count). The van der Waals surface area contributed by atoms with Gasteiger partial charge in [-0.3, -0.25) is 9.09 Å². The van der Waals surface area contributed by atoms with Crippen molar-refractivity contribution in [3.8, 4) is 0 Å². The summed E-state index contributed by atoms with van der Waals surface area (Å²) >= 11 is 5.92. The van der Waals surface area contributed by atoms with E-state index in [0.29, 0.717) is 18.1 Å². The summed E-state index contributed by atoms with van der Waals surface area (Å²) in [5, 5.41) is 0.638. The standard InChI is InChI=1S/C11H14ClO4P/c1-14-8-17(13)15-6-5-11(16-17)9-3-2-4-10(12)7-9/h2-4,7,11H,5-6,8H2,1H3. The predicted molar refractivity (Wildman–Crippen MR) is 65.3 cm³/mol. The smallest absolute Gasteiger partial charge is 0.356 e. The van der Waals surface area contributed by atoms with E-state index in [1.165, 1.54) is 7.11 Å². The van der Waals surface area contributed by atoms with Gasteiger partial charge in [-0.1, -0.05) is 23.7 Å². The van der Waals surface area contributed by atoms with Crippen LogP contribution < -0.4 is 0 Å². The average molecular weight is 277 g/mol. The number of halogens is 1. The molecule has 94 valence electrons.